The summed E-state index contributed by atoms with van der Waals surface area (Å²) in [5.41, 5.74) is 0. The highest BCUT2D eigenvalue weighted by Crippen LogP contribution is 1.93. The smallest absolute Gasteiger partial charge is 0.302 e. The van der Waals surface area contributed by atoms with Crippen molar-refractivity contribution < 1.29 is 24.9 Å². The highest BCUT2D eigenvalue weighted by molar-refractivity contribution is 5.65. The molecule has 0 amide bonds. The highest BCUT2D eigenvalue weighted by atomic mass is 16.5. The van der Waals surface area contributed by atoms with Gasteiger partial charge in [-0.15, -0.1) is 0 Å². The van der Waals surface area contributed by atoms with Crippen LogP contribution in [0.15, 0.2) is 0 Å². The van der Waals surface area contributed by atoms with Gasteiger partial charge in [-0.05, 0) is 0 Å². The van der Waals surface area contributed by atoms with E-state index in [2.05, 4.69) is 4.74 Å². The number of ether oxygens (including phenoxy) is 1. The number of aliphatic hydroxyl groups is 3. The van der Waals surface area contributed by atoms with E-state index in [-0.39, 0.29) is 6.61 Å². The fraction of sp³-hybridized carbons (Fsp3) is 0.833. The molecular weight excluding hydrogens is 152 g/mol. The molecule has 3 N–H and O–H groups in total. The molecule has 11 heavy (non-hydrogen) atoms. The minimum absolute atomic E-state index is 0.295. The van der Waals surface area contributed by atoms with Crippen LogP contribution in [0.3, 0.4) is 0 Å². The van der Waals surface area contributed by atoms with Crippen molar-refractivity contribution in [2.45, 2.75) is 19.1 Å². The van der Waals surface area contributed by atoms with Crippen LogP contribution in [-0.4, -0.2) is 46.7 Å². The van der Waals surface area contributed by atoms with Crippen LogP contribution in [0.4, 0.5) is 0 Å². The fourth-order valence-electron chi connectivity index (χ4n) is 0.435. The quantitative estimate of drug-likeness (QED) is 0.429. The maximum absolute atomic E-state index is 10.2. The Morgan fingerprint density at radius 3 is 2.36 bits per heavy atom. The second kappa shape index (κ2) is 5.06. The van der Waals surface area contributed by atoms with E-state index < -0.39 is 24.8 Å². The molecule has 0 saturated carbocycles. The third-order valence-corrected chi connectivity index (χ3v) is 1.09. The molecule has 0 saturated heterocycles. The number of carbonyl (C=O) groups is 1. The molecule has 0 unspecified atom stereocenters. The van der Waals surface area contributed by atoms with Crippen molar-refractivity contribution in [3.8, 4) is 0 Å². The molecule has 0 rings (SSSR count). The number of esters is 1. The van der Waals surface area contributed by atoms with Crippen LogP contribution in [0.25, 0.3) is 0 Å². The van der Waals surface area contributed by atoms with Crippen molar-refractivity contribution in [1.29, 1.82) is 0 Å². The average molecular weight is 164 g/mol. The lowest BCUT2D eigenvalue weighted by atomic mass is 10.2. The fourth-order valence-corrected chi connectivity index (χ4v) is 0.435. The largest absolute Gasteiger partial charge is 0.463 e. The highest BCUT2D eigenvalue weighted by Gasteiger charge is 2.15. The topological polar surface area (TPSA) is 87.0 Å². The molecule has 0 spiro atoms. The minimum Gasteiger partial charge on any atom is -0.463 e. The molecule has 66 valence electrons. The Balaban J connectivity index is 3.51. The Kier molecular flexibility index (Phi) is 4.76. The van der Waals surface area contributed by atoms with Crippen molar-refractivity contribution in [3.05, 3.63) is 0 Å². The summed E-state index contributed by atoms with van der Waals surface area (Å²) in [6.07, 6.45) is -2.47. The second-order valence-electron chi connectivity index (χ2n) is 2.12. The zero-order valence-electron chi connectivity index (χ0n) is 6.23. The van der Waals surface area contributed by atoms with Crippen molar-refractivity contribution in [3.63, 3.8) is 0 Å². The summed E-state index contributed by atoms with van der Waals surface area (Å²) in [5, 5.41) is 25.9. The number of aliphatic hydroxyl groups excluding tert-OH is 3. The van der Waals surface area contributed by atoms with Crippen LogP contribution < -0.4 is 0 Å². The van der Waals surface area contributed by atoms with Gasteiger partial charge >= 0.3 is 5.97 Å². The average Bonchev–Trinajstić information content (AvgIpc) is 1.98. The van der Waals surface area contributed by atoms with E-state index in [4.69, 9.17) is 15.3 Å². The molecule has 0 aliphatic rings. The number of hydrogen-bond donors (Lipinski definition) is 3. The van der Waals surface area contributed by atoms with Gasteiger partial charge in [-0.1, -0.05) is 0 Å². The summed E-state index contributed by atoms with van der Waals surface area (Å²) in [6.45, 7) is 0.345. The lowest BCUT2D eigenvalue weighted by molar-refractivity contribution is -0.147. The van der Waals surface area contributed by atoms with Gasteiger partial charge in [0.1, 0.15) is 18.8 Å². The molecule has 0 aromatic heterocycles. The molecule has 5 nitrogen and oxygen atoms in total. The monoisotopic (exact) mass is 164 g/mol. The minimum atomic E-state index is -1.26. The maximum atomic E-state index is 10.2. The third-order valence-electron chi connectivity index (χ3n) is 1.09. The first kappa shape index (κ1) is 10.3. The predicted molar refractivity (Wildman–Crippen MR) is 35.7 cm³/mol. The third kappa shape index (κ3) is 4.72. The van der Waals surface area contributed by atoms with Crippen molar-refractivity contribution >= 4 is 5.97 Å². The van der Waals surface area contributed by atoms with Crippen molar-refractivity contribution in [2.75, 3.05) is 13.2 Å². The van der Waals surface area contributed by atoms with Gasteiger partial charge in [0, 0.05) is 6.92 Å². The van der Waals surface area contributed by atoms with E-state index in [9.17, 15) is 4.79 Å². The molecule has 0 aromatic carbocycles. The van der Waals surface area contributed by atoms with Crippen molar-refractivity contribution in [1.82, 2.24) is 0 Å². The molecule has 0 bridgehead atoms. The van der Waals surface area contributed by atoms with Crippen LogP contribution in [0.5, 0.6) is 0 Å². The van der Waals surface area contributed by atoms with Crippen LogP contribution >= 0.6 is 0 Å². The first-order chi connectivity index (χ1) is 5.07. The summed E-state index contributed by atoms with van der Waals surface area (Å²) < 4.78 is 4.37. The number of rotatable bonds is 4. The van der Waals surface area contributed by atoms with Crippen LogP contribution in [-0.2, 0) is 9.53 Å². The van der Waals surface area contributed by atoms with E-state index in [1.54, 1.807) is 0 Å². The summed E-state index contributed by atoms with van der Waals surface area (Å²) in [7, 11) is 0. The first-order valence-corrected chi connectivity index (χ1v) is 3.18. The summed E-state index contributed by atoms with van der Waals surface area (Å²) in [5.74, 6) is -0.533. The van der Waals surface area contributed by atoms with Crippen LogP contribution in [0.1, 0.15) is 6.92 Å². The Bertz CT molecular complexity index is 124. The molecule has 0 aliphatic carbocycles. The van der Waals surface area contributed by atoms with Crippen LogP contribution in [0, 0.1) is 0 Å². The van der Waals surface area contributed by atoms with E-state index in [0.29, 0.717) is 0 Å². The zero-order chi connectivity index (χ0) is 8.85. The maximum Gasteiger partial charge on any atom is 0.302 e. The molecule has 2 atom stereocenters. The Hall–Kier alpha value is -0.650. The Morgan fingerprint density at radius 1 is 1.45 bits per heavy atom. The van der Waals surface area contributed by atoms with Gasteiger partial charge in [-0.2, -0.15) is 0 Å². The zero-order valence-corrected chi connectivity index (χ0v) is 6.23. The Morgan fingerprint density at radius 2 is 2.00 bits per heavy atom. The molecule has 0 aliphatic heterocycles. The van der Waals surface area contributed by atoms with E-state index in [1.807, 2.05) is 0 Å². The van der Waals surface area contributed by atoms with Gasteiger partial charge in [0.2, 0.25) is 0 Å². The van der Waals surface area contributed by atoms with Gasteiger partial charge in [0.05, 0.1) is 6.61 Å². The lowest BCUT2D eigenvalue weighted by Crippen LogP contribution is -2.33. The summed E-state index contributed by atoms with van der Waals surface area (Å²) in [4.78, 5) is 10.2. The molecule has 0 heterocycles. The normalized spacial score (nSPS) is 15.6. The molecule has 5 heteroatoms. The van der Waals surface area contributed by atoms with Gasteiger partial charge in [0.15, 0.2) is 0 Å². The predicted octanol–water partition coefficient (Wildman–Crippen LogP) is -1.74. The number of carbonyl (C=O) groups excluding carboxylic acids is 1. The number of hydrogen-bond acceptors (Lipinski definition) is 5. The second-order valence-corrected chi connectivity index (χ2v) is 2.12. The molecule has 0 aromatic rings. The molecule has 0 fully saturated rings. The standard InChI is InChI=1S/C6H12O5/c1-4(8)11-3-6(10)5(9)2-7/h5-7,9-10H,2-3H2,1H3/t5-,6+/m1/s1. The summed E-state index contributed by atoms with van der Waals surface area (Å²) >= 11 is 0. The van der Waals surface area contributed by atoms with E-state index in [1.165, 1.54) is 6.92 Å². The molecular formula is C6H12O5. The van der Waals surface area contributed by atoms with E-state index in [0.717, 1.165) is 0 Å². The van der Waals surface area contributed by atoms with Gasteiger partial charge in [-0.25, -0.2) is 0 Å². The summed E-state index contributed by atoms with van der Waals surface area (Å²) in [6, 6.07) is 0. The van der Waals surface area contributed by atoms with Gasteiger partial charge in [0.25, 0.3) is 0 Å². The van der Waals surface area contributed by atoms with Crippen LogP contribution in [0.2, 0.25) is 0 Å². The molecule has 0 radical (unpaired) electrons. The van der Waals surface area contributed by atoms with E-state index >= 15 is 0 Å². The van der Waals surface area contributed by atoms with Gasteiger partial charge in [-0.3, -0.25) is 4.79 Å². The SMILES string of the molecule is CC(=O)OC[C@H](O)[C@H](O)CO. The Labute approximate surface area is 64.2 Å². The van der Waals surface area contributed by atoms with Crippen molar-refractivity contribution in [2.24, 2.45) is 0 Å². The van der Waals surface area contributed by atoms with Gasteiger partial charge < -0.3 is 20.1 Å². The first-order valence-electron chi connectivity index (χ1n) is 3.18. The lowest BCUT2D eigenvalue weighted by Gasteiger charge is -2.14.